The monoisotopic (exact) mass is 268 g/mol. The maximum absolute atomic E-state index is 11.6. The molecule has 1 atom stereocenters. The maximum atomic E-state index is 11.6. The molecule has 0 heterocycles. The molecule has 0 aliphatic rings. The molecule has 0 aromatic rings. The summed E-state index contributed by atoms with van der Waals surface area (Å²) in [6.45, 7) is 4.86. The molecule has 0 bridgehead atoms. The highest BCUT2D eigenvalue weighted by molar-refractivity contribution is 7.99. The molecule has 0 aromatic carbocycles. The van der Waals surface area contributed by atoms with Crippen LogP contribution in [0.3, 0.4) is 0 Å². The van der Waals surface area contributed by atoms with Gasteiger partial charge in [0.15, 0.2) is 0 Å². The normalized spacial score (nSPS) is 13.9. The fraction of sp³-hybridized carbons (Fsp3) is 1.00. The van der Waals surface area contributed by atoms with Crippen molar-refractivity contribution < 1.29 is 8.42 Å². The Bertz CT molecular complexity index is 256. The lowest BCUT2D eigenvalue weighted by molar-refractivity contribution is 0.565. The Balaban J connectivity index is 3.76. The zero-order valence-electron chi connectivity index (χ0n) is 10.5. The SMILES string of the molecule is CCSCC(C)NS(=O)(=O)CCCCNC. The second kappa shape index (κ2) is 9.27. The molecule has 0 aliphatic heterocycles. The summed E-state index contributed by atoms with van der Waals surface area (Å²) in [4.78, 5) is 0. The molecule has 0 amide bonds. The van der Waals surface area contributed by atoms with Crippen LogP contribution in [-0.2, 0) is 10.0 Å². The van der Waals surface area contributed by atoms with Crippen molar-refractivity contribution in [3.8, 4) is 0 Å². The van der Waals surface area contributed by atoms with E-state index in [2.05, 4.69) is 17.0 Å². The predicted molar refractivity (Wildman–Crippen MR) is 72.5 cm³/mol. The first kappa shape index (κ1) is 16.2. The van der Waals surface area contributed by atoms with Gasteiger partial charge in [-0.1, -0.05) is 6.92 Å². The second-order valence-corrected chi connectivity index (χ2v) is 7.00. The van der Waals surface area contributed by atoms with Gasteiger partial charge >= 0.3 is 0 Å². The van der Waals surface area contributed by atoms with Crippen molar-refractivity contribution in [2.24, 2.45) is 0 Å². The molecule has 4 nitrogen and oxygen atoms in total. The highest BCUT2D eigenvalue weighted by atomic mass is 32.2. The average molecular weight is 268 g/mol. The van der Waals surface area contributed by atoms with Crippen molar-refractivity contribution in [1.29, 1.82) is 0 Å². The quantitative estimate of drug-likeness (QED) is 0.581. The molecule has 0 fully saturated rings. The molecule has 2 N–H and O–H groups in total. The standard InChI is InChI=1S/C10H24N2O2S2/c1-4-15-9-10(2)12-16(13,14)8-6-5-7-11-3/h10-12H,4-9H2,1-3H3. The van der Waals surface area contributed by atoms with Gasteiger partial charge in [0.05, 0.1) is 5.75 Å². The minimum Gasteiger partial charge on any atom is -0.320 e. The number of nitrogens with one attached hydrogen (secondary N) is 2. The van der Waals surface area contributed by atoms with Gasteiger partial charge in [-0.25, -0.2) is 13.1 Å². The number of hydrogen-bond donors (Lipinski definition) is 2. The van der Waals surface area contributed by atoms with Gasteiger partial charge in [-0.3, -0.25) is 0 Å². The van der Waals surface area contributed by atoms with Gasteiger partial charge in [0, 0.05) is 11.8 Å². The van der Waals surface area contributed by atoms with E-state index in [4.69, 9.17) is 0 Å². The van der Waals surface area contributed by atoms with Gasteiger partial charge in [-0.05, 0) is 39.1 Å². The average Bonchev–Trinajstić information content (AvgIpc) is 2.21. The lowest BCUT2D eigenvalue weighted by atomic mass is 10.3. The van der Waals surface area contributed by atoms with Crippen LogP contribution in [0.25, 0.3) is 0 Å². The number of unbranched alkanes of at least 4 members (excludes halogenated alkanes) is 1. The molecule has 0 rings (SSSR count). The minimum atomic E-state index is -3.08. The fourth-order valence-corrected chi connectivity index (χ4v) is 3.46. The lowest BCUT2D eigenvalue weighted by Gasteiger charge is -2.13. The van der Waals surface area contributed by atoms with Crippen LogP contribution in [0, 0.1) is 0 Å². The number of thioether (sulfide) groups is 1. The molecule has 98 valence electrons. The molecule has 0 aromatic heterocycles. The van der Waals surface area contributed by atoms with Gasteiger partial charge in [0.2, 0.25) is 10.0 Å². The van der Waals surface area contributed by atoms with Crippen LogP contribution in [0.2, 0.25) is 0 Å². The van der Waals surface area contributed by atoms with Crippen molar-refractivity contribution in [3.05, 3.63) is 0 Å². The third kappa shape index (κ3) is 9.45. The van der Waals surface area contributed by atoms with Gasteiger partial charge < -0.3 is 5.32 Å². The van der Waals surface area contributed by atoms with E-state index in [0.717, 1.165) is 24.5 Å². The van der Waals surface area contributed by atoms with E-state index >= 15 is 0 Å². The van der Waals surface area contributed by atoms with Crippen LogP contribution in [0.1, 0.15) is 26.7 Å². The summed E-state index contributed by atoms with van der Waals surface area (Å²) < 4.78 is 26.0. The van der Waals surface area contributed by atoms with Crippen molar-refractivity contribution in [3.63, 3.8) is 0 Å². The van der Waals surface area contributed by atoms with Crippen LogP contribution in [0.5, 0.6) is 0 Å². The molecule has 0 radical (unpaired) electrons. The molecular formula is C10H24N2O2S2. The fourth-order valence-electron chi connectivity index (χ4n) is 1.29. The van der Waals surface area contributed by atoms with Crippen LogP contribution in [0.4, 0.5) is 0 Å². The molecule has 0 aliphatic carbocycles. The highest BCUT2D eigenvalue weighted by Gasteiger charge is 2.13. The Morgan fingerprint density at radius 3 is 2.56 bits per heavy atom. The third-order valence-electron chi connectivity index (χ3n) is 2.04. The summed E-state index contributed by atoms with van der Waals surface area (Å²) in [7, 11) is -1.21. The first-order chi connectivity index (χ1) is 7.52. The van der Waals surface area contributed by atoms with E-state index < -0.39 is 10.0 Å². The number of sulfonamides is 1. The predicted octanol–water partition coefficient (Wildman–Crippen LogP) is 1.05. The molecule has 6 heteroatoms. The zero-order chi connectivity index (χ0) is 12.4. The molecule has 16 heavy (non-hydrogen) atoms. The van der Waals surface area contributed by atoms with Gasteiger partial charge in [0.1, 0.15) is 0 Å². The van der Waals surface area contributed by atoms with Crippen LogP contribution in [-0.4, -0.2) is 45.3 Å². The Morgan fingerprint density at radius 2 is 2.00 bits per heavy atom. The van der Waals surface area contributed by atoms with Crippen molar-refractivity contribution in [2.45, 2.75) is 32.7 Å². The van der Waals surface area contributed by atoms with E-state index in [1.54, 1.807) is 11.8 Å². The molecule has 0 saturated carbocycles. The van der Waals surface area contributed by atoms with E-state index in [1.165, 1.54) is 0 Å². The van der Waals surface area contributed by atoms with Crippen molar-refractivity contribution in [1.82, 2.24) is 10.0 Å². The summed E-state index contributed by atoms with van der Waals surface area (Å²) in [5, 5.41) is 3.00. The molecule has 0 spiro atoms. The van der Waals surface area contributed by atoms with Gasteiger partial charge in [0.25, 0.3) is 0 Å². The number of rotatable bonds is 10. The van der Waals surface area contributed by atoms with Crippen molar-refractivity contribution in [2.75, 3.05) is 30.9 Å². The summed E-state index contributed by atoms with van der Waals surface area (Å²) in [5.41, 5.74) is 0. The van der Waals surface area contributed by atoms with Crippen LogP contribution < -0.4 is 10.0 Å². The summed E-state index contributed by atoms with van der Waals surface area (Å²) >= 11 is 1.75. The summed E-state index contributed by atoms with van der Waals surface area (Å²) in [5.74, 6) is 2.09. The van der Waals surface area contributed by atoms with E-state index in [-0.39, 0.29) is 11.8 Å². The third-order valence-corrected chi connectivity index (χ3v) is 4.77. The van der Waals surface area contributed by atoms with Gasteiger partial charge in [-0.15, -0.1) is 0 Å². The second-order valence-electron chi connectivity index (χ2n) is 3.81. The topological polar surface area (TPSA) is 58.2 Å². The largest absolute Gasteiger partial charge is 0.320 e. The Morgan fingerprint density at radius 1 is 1.31 bits per heavy atom. The van der Waals surface area contributed by atoms with E-state index in [9.17, 15) is 8.42 Å². The Labute approximate surface area is 104 Å². The highest BCUT2D eigenvalue weighted by Crippen LogP contribution is 2.03. The summed E-state index contributed by atoms with van der Waals surface area (Å²) in [6, 6.07) is 0.0271. The summed E-state index contributed by atoms with van der Waals surface area (Å²) in [6.07, 6.45) is 1.61. The number of hydrogen-bond acceptors (Lipinski definition) is 4. The first-order valence-electron chi connectivity index (χ1n) is 5.74. The minimum absolute atomic E-state index is 0.0271. The first-order valence-corrected chi connectivity index (χ1v) is 8.55. The molecule has 1 unspecified atom stereocenters. The Hall–Kier alpha value is 0.220. The smallest absolute Gasteiger partial charge is 0.211 e. The van der Waals surface area contributed by atoms with E-state index in [1.807, 2.05) is 14.0 Å². The van der Waals surface area contributed by atoms with Crippen LogP contribution in [0.15, 0.2) is 0 Å². The Kier molecular flexibility index (Phi) is 9.40. The van der Waals surface area contributed by atoms with Crippen LogP contribution >= 0.6 is 11.8 Å². The molecular weight excluding hydrogens is 244 g/mol. The van der Waals surface area contributed by atoms with Crippen molar-refractivity contribution >= 4 is 21.8 Å². The van der Waals surface area contributed by atoms with Gasteiger partial charge in [-0.2, -0.15) is 11.8 Å². The molecule has 0 saturated heterocycles. The maximum Gasteiger partial charge on any atom is 0.211 e. The van der Waals surface area contributed by atoms with E-state index in [0.29, 0.717) is 6.42 Å². The zero-order valence-corrected chi connectivity index (χ0v) is 12.1. The lowest BCUT2D eigenvalue weighted by Crippen LogP contribution is -2.36.